The number of ether oxygens (including phenoxy) is 1. The van der Waals surface area contributed by atoms with Crippen molar-refractivity contribution in [2.45, 2.75) is 12.8 Å². The predicted octanol–water partition coefficient (Wildman–Crippen LogP) is 2.88. The number of nitrogens with zero attached hydrogens (tertiary/aromatic N) is 2. The smallest absolute Gasteiger partial charge is 0.220 e. The van der Waals surface area contributed by atoms with E-state index < -0.39 is 5.95 Å². The number of nitriles is 1. The van der Waals surface area contributed by atoms with Crippen molar-refractivity contribution in [2.24, 2.45) is 11.1 Å². The van der Waals surface area contributed by atoms with E-state index in [1.165, 1.54) is 6.20 Å². The van der Waals surface area contributed by atoms with Crippen molar-refractivity contribution in [3.05, 3.63) is 48.0 Å². The zero-order valence-electron chi connectivity index (χ0n) is 12.1. The number of hydrogen-bond donors (Lipinski definition) is 1. The molecule has 0 unspecified atom stereocenters. The van der Waals surface area contributed by atoms with Gasteiger partial charge in [0.1, 0.15) is 5.75 Å². The topological polar surface area (TPSA) is 71.9 Å². The van der Waals surface area contributed by atoms with Crippen molar-refractivity contribution >= 4 is 0 Å². The molecule has 22 heavy (non-hydrogen) atoms. The van der Waals surface area contributed by atoms with Gasteiger partial charge in [-0.05, 0) is 36.6 Å². The predicted molar refractivity (Wildman–Crippen MR) is 80.6 cm³/mol. The Morgan fingerprint density at radius 3 is 2.64 bits per heavy atom. The van der Waals surface area contributed by atoms with Crippen LogP contribution in [-0.2, 0) is 0 Å². The third-order valence-electron chi connectivity index (χ3n) is 4.07. The van der Waals surface area contributed by atoms with E-state index in [0.29, 0.717) is 35.6 Å². The third kappa shape index (κ3) is 2.92. The van der Waals surface area contributed by atoms with Gasteiger partial charge in [0.15, 0.2) is 0 Å². The zero-order chi connectivity index (χ0) is 15.6. The number of pyridine rings is 1. The van der Waals surface area contributed by atoms with E-state index in [-0.39, 0.29) is 5.41 Å². The van der Waals surface area contributed by atoms with Gasteiger partial charge in [0.25, 0.3) is 0 Å². The quantitative estimate of drug-likeness (QED) is 0.861. The number of nitrogens with two attached hydrogens (primary N) is 1. The first-order valence-electron chi connectivity index (χ1n) is 7.15. The molecule has 0 bridgehead atoms. The van der Waals surface area contributed by atoms with Crippen LogP contribution in [0.15, 0.2) is 36.5 Å². The summed E-state index contributed by atoms with van der Waals surface area (Å²) in [6.45, 7) is 1.13. The Balaban J connectivity index is 1.81. The second-order valence-electron chi connectivity index (χ2n) is 5.69. The average Bonchev–Trinajstić information content (AvgIpc) is 3.35. The molecule has 0 atom stereocenters. The summed E-state index contributed by atoms with van der Waals surface area (Å²) >= 11 is 0. The standard InChI is InChI=1S/C17H16FN3O/c18-16-15(13-3-1-12(8-19)2-4-13)7-14(9-21-16)22-11-17(10-20)5-6-17/h1-4,7,9H,5-6,10-11,20H2. The van der Waals surface area contributed by atoms with Gasteiger partial charge in [0, 0.05) is 17.5 Å². The average molecular weight is 297 g/mol. The van der Waals surface area contributed by atoms with E-state index in [0.717, 1.165) is 12.8 Å². The molecule has 1 aromatic carbocycles. The van der Waals surface area contributed by atoms with Gasteiger partial charge in [0.2, 0.25) is 5.95 Å². The van der Waals surface area contributed by atoms with Crippen LogP contribution in [0.2, 0.25) is 0 Å². The molecule has 1 saturated carbocycles. The maximum absolute atomic E-state index is 13.9. The highest BCUT2D eigenvalue weighted by Crippen LogP contribution is 2.44. The summed E-state index contributed by atoms with van der Waals surface area (Å²) in [6, 6.07) is 10.4. The van der Waals surface area contributed by atoms with Crippen molar-refractivity contribution in [3.63, 3.8) is 0 Å². The van der Waals surface area contributed by atoms with Crippen molar-refractivity contribution < 1.29 is 9.13 Å². The summed E-state index contributed by atoms with van der Waals surface area (Å²) in [5.74, 6) is -0.0301. The summed E-state index contributed by atoms with van der Waals surface area (Å²) in [6.07, 6.45) is 3.52. The van der Waals surface area contributed by atoms with Crippen LogP contribution in [0.25, 0.3) is 11.1 Å². The van der Waals surface area contributed by atoms with Gasteiger partial charge in [-0.2, -0.15) is 9.65 Å². The summed E-state index contributed by atoms with van der Waals surface area (Å²) in [5, 5.41) is 8.81. The Kier molecular flexibility index (Phi) is 3.78. The van der Waals surface area contributed by atoms with Crippen LogP contribution in [-0.4, -0.2) is 18.1 Å². The first kappa shape index (κ1) is 14.5. The molecular formula is C17H16FN3O. The minimum atomic E-state index is -0.558. The van der Waals surface area contributed by atoms with Crippen molar-refractivity contribution in [1.82, 2.24) is 4.98 Å². The molecular weight excluding hydrogens is 281 g/mol. The van der Waals surface area contributed by atoms with Gasteiger partial charge in [-0.25, -0.2) is 4.98 Å². The molecule has 1 aliphatic carbocycles. The fraction of sp³-hybridized carbons (Fsp3) is 0.294. The highest BCUT2D eigenvalue weighted by Gasteiger charge is 2.42. The lowest BCUT2D eigenvalue weighted by Crippen LogP contribution is -2.22. The van der Waals surface area contributed by atoms with Crippen molar-refractivity contribution in [3.8, 4) is 22.9 Å². The molecule has 2 aromatic rings. The molecule has 112 valence electrons. The van der Waals surface area contributed by atoms with Gasteiger partial charge in [-0.15, -0.1) is 0 Å². The van der Waals surface area contributed by atoms with Gasteiger partial charge in [0.05, 0.1) is 24.4 Å². The fourth-order valence-electron chi connectivity index (χ4n) is 2.26. The van der Waals surface area contributed by atoms with E-state index in [1.54, 1.807) is 30.3 Å². The zero-order valence-corrected chi connectivity index (χ0v) is 12.1. The number of benzene rings is 1. The molecule has 0 spiro atoms. The number of hydrogen-bond acceptors (Lipinski definition) is 4. The van der Waals surface area contributed by atoms with E-state index in [4.69, 9.17) is 15.7 Å². The van der Waals surface area contributed by atoms with Crippen LogP contribution in [0.5, 0.6) is 5.75 Å². The second-order valence-corrected chi connectivity index (χ2v) is 5.69. The maximum atomic E-state index is 13.9. The molecule has 1 heterocycles. The first-order chi connectivity index (χ1) is 10.7. The van der Waals surface area contributed by atoms with Gasteiger partial charge in [-0.1, -0.05) is 12.1 Å². The van der Waals surface area contributed by atoms with Gasteiger partial charge in [-0.3, -0.25) is 0 Å². The highest BCUT2D eigenvalue weighted by atomic mass is 19.1. The lowest BCUT2D eigenvalue weighted by atomic mass is 10.1. The third-order valence-corrected chi connectivity index (χ3v) is 4.07. The Hall–Kier alpha value is -2.45. The summed E-state index contributed by atoms with van der Waals surface area (Å²) < 4.78 is 19.7. The molecule has 4 nitrogen and oxygen atoms in total. The van der Waals surface area contributed by atoms with Crippen LogP contribution < -0.4 is 10.5 Å². The Morgan fingerprint density at radius 2 is 2.05 bits per heavy atom. The Bertz CT molecular complexity index is 718. The van der Waals surface area contributed by atoms with Crippen LogP contribution in [0.3, 0.4) is 0 Å². The monoisotopic (exact) mass is 297 g/mol. The van der Waals surface area contributed by atoms with E-state index >= 15 is 0 Å². The SMILES string of the molecule is N#Cc1ccc(-c2cc(OCC3(CN)CC3)cnc2F)cc1. The lowest BCUT2D eigenvalue weighted by molar-refractivity contribution is 0.237. The summed E-state index contributed by atoms with van der Waals surface area (Å²) in [4.78, 5) is 3.76. The molecule has 1 fully saturated rings. The van der Waals surface area contributed by atoms with E-state index in [2.05, 4.69) is 4.98 Å². The lowest BCUT2D eigenvalue weighted by Gasteiger charge is -2.14. The molecule has 0 amide bonds. The number of rotatable bonds is 5. The summed E-state index contributed by atoms with van der Waals surface area (Å²) in [7, 11) is 0. The molecule has 1 aromatic heterocycles. The highest BCUT2D eigenvalue weighted by molar-refractivity contribution is 5.65. The van der Waals surface area contributed by atoms with Crippen LogP contribution >= 0.6 is 0 Å². The summed E-state index contributed by atoms with van der Waals surface area (Å²) in [5.41, 5.74) is 7.36. The van der Waals surface area contributed by atoms with E-state index in [1.807, 2.05) is 6.07 Å². The molecule has 3 rings (SSSR count). The fourth-order valence-corrected chi connectivity index (χ4v) is 2.26. The molecule has 1 aliphatic rings. The Labute approximate surface area is 128 Å². The molecule has 2 N–H and O–H groups in total. The molecule has 5 heteroatoms. The van der Waals surface area contributed by atoms with Gasteiger partial charge >= 0.3 is 0 Å². The number of aromatic nitrogens is 1. The molecule has 0 radical (unpaired) electrons. The van der Waals surface area contributed by atoms with Crippen molar-refractivity contribution in [2.75, 3.05) is 13.2 Å². The normalized spacial score (nSPS) is 15.1. The van der Waals surface area contributed by atoms with Crippen LogP contribution in [0.4, 0.5) is 4.39 Å². The second kappa shape index (κ2) is 5.74. The first-order valence-corrected chi connectivity index (χ1v) is 7.15. The van der Waals surface area contributed by atoms with Crippen LogP contribution in [0.1, 0.15) is 18.4 Å². The molecule has 0 saturated heterocycles. The van der Waals surface area contributed by atoms with E-state index in [9.17, 15) is 4.39 Å². The van der Waals surface area contributed by atoms with Crippen molar-refractivity contribution in [1.29, 1.82) is 5.26 Å². The van der Waals surface area contributed by atoms with Gasteiger partial charge < -0.3 is 10.5 Å². The van der Waals surface area contributed by atoms with Crippen LogP contribution in [0, 0.1) is 22.7 Å². The molecule has 0 aliphatic heterocycles. The Morgan fingerprint density at radius 1 is 1.32 bits per heavy atom. The minimum absolute atomic E-state index is 0.0863. The minimum Gasteiger partial charge on any atom is -0.491 e. The number of halogens is 1. The maximum Gasteiger partial charge on any atom is 0.220 e. The largest absolute Gasteiger partial charge is 0.491 e.